The Morgan fingerprint density at radius 3 is 2.18 bits per heavy atom. The first kappa shape index (κ1) is 21.9. The predicted octanol–water partition coefficient (Wildman–Crippen LogP) is 5.68. The maximum atomic E-state index is 12.9. The Kier molecular flexibility index (Phi) is 5.90. The number of nitrogens with zero attached hydrogens (tertiary/aromatic N) is 2. The van der Waals surface area contributed by atoms with E-state index in [2.05, 4.69) is 12.1 Å². The fourth-order valence-electron chi connectivity index (χ4n) is 5.14. The van der Waals surface area contributed by atoms with Crippen molar-refractivity contribution in [1.82, 2.24) is 0 Å². The van der Waals surface area contributed by atoms with E-state index in [1.165, 1.54) is 18.4 Å². The van der Waals surface area contributed by atoms with Crippen molar-refractivity contribution >= 4 is 11.5 Å². The van der Waals surface area contributed by atoms with E-state index in [-0.39, 0.29) is 11.8 Å². The molecule has 5 heteroatoms. The zero-order valence-electron chi connectivity index (χ0n) is 19.4. The summed E-state index contributed by atoms with van der Waals surface area (Å²) in [6, 6.07) is 20.9. The van der Waals surface area contributed by atoms with Crippen molar-refractivity contribution in [3.63, 3.8) is 0 Å². The molecule has 1 aliphatic heterocycles. The average molecular weight is 451 g/mol. The summed E-state index contributed by atoms with van der Waals surface area (Å²) in [5, 5.41) is 8.98. The summed E-state index contributed by atoms with van der Waals surface area (Å²) >= 11 is 0. The first-order chi connectivity index (χ1) is 16.6. The second kappa shape index (κ2) is 9.15. The summed E-state index contributed by atoms with van der Waals surface area (Å²) in [5.41, 5.74) is 5.97. The van der Waals surface area contributed by atoms with Crippen LogP contribution in [0.25, 0.3) is 0 Å². The molecule has 0 radical (unpaired) electrons. The molecule has 0 spiro atoms. The van der Waals surface area contributed by atoms with E-state index in [1.54, 1.807) is 38.5 Å². The normalized spacial score (nSPS) is 18.7. The van der Waals surface area contributed by atoms with E-state index in [0.29, 0.717) is 28.4 Å². The lowest BCUT2D eigenvalue weighted by Gasteiger charge is -2.35. The van der Waals surface area contributed by atoms with Crippen LogP contribution in [0.4, 0.5) is 0 Å². The molecule has 2 unspecified atom stereocenters. The van der Waals surface area contributed by atoms with Crippen LogP contribution in [0.3, 0.4) is 0 Å². The molecule has 5 nitrogen and oxygen atoms in total. The quantitative estimate of drug-likeness (QED) is 0.469. The minimum Gasteiger partial charge on any atom is -0.493 e. The molecule has 3 aromatic carbocycles. The number of methoxy groups -OCH3 is 2. The molecule has 170 valence electrons. The highest BCUT2D eigenvalue weighted by atomic mass is 16.5. The summed E-state index contributed by atoms with van der Waals surface area (Å²) in [5.74, 6) is 1.76. The second-order valence-corrected chi connectivity index (χ2v) is 8.83. The fourth-order valence-corrected chi connectivity index (χ4v) is 5.14. The van der Waals surface area contributed by atoms with Gasteiger partial charge in [0.15, 0.2) is 17.3 Å². The van der Waals surface area contributed by atoms with Crippen molar-refractivity contribution in [2.45, 2.75) is 37.6 Å². The summed E-state index contributed by atoms with van der Waals surface area (Å²) < 4.78 is 11.2. The van der Waals surface area contributed by atoms with Crippen LogP contribution in [-0.4, -0.2) is 31.8 Å². The minimum absolute atomic E-state index is 0.0687. The lowest BCUT2D eigenvalue weighted by atomic mass is 9.75. The molecule has 0 amide bonds. The van der Waals surface area contributed by atoms with E-state index in [4.69, 9.17) is 19.7 Å². The van der Waals surface area contributed by atoms with E-state index < -0.39 is 0 Å². The van der Waals surface area contributed by atoms with Crippen LogP contribution in [-0.2, 0) is 0 Å². The van der Waals surface area contributed by atoms with Crippen LogP contribution in [0.1, 0.15) is 69.8 Å². The minimum atomic E-state index is -0.0687. The molecule has 2 atom stereocenters. The molecule has 1 heterocycles. The standard InChI is InChI=1S/C29H26N2O3/c1-33-26-15-23-22-5-3-4-6-25(22)31-28(24(23)16-27(26)34-2)19-11-13-21(14-12-19)29(32)20-9-7-18(17-30)8-10-20/h7-16,22,25H,3-6H2,1-2H3. The van der Waals surface area contributed by atoms with Gasteiger partial charge < -0.3 is 9.47 Å². The number of aliphatic imine (C=N–C) groups is 1. The number of hydrogen-bond acceptors (Lipinski definition) is 5. The molecule has 3 aromatic rings. The molecule has 1 fully saturated rings. The first-order valence-corrected chi connectivity index (χ1v) is 11.6. The van der Waals surface area contributed by atoms with Crippen LogP contribution < -0.4 is 9.47 Å². The Balaban J connectivity index is 1.52. The molecule has 2 aliphatic rings. The summed E-state index contributed by atoms with van der Waals surface area (Å²) in [4.78, 5) is 18.1. The number of hydrogen-bond donors (Lipinski definition) is 0. The van der Waals surface area contributed by atoms with Crippen LogP contribution in [0, 0.1) is 11.3 Å². The Labute approximate surface area is 199 Å². The average Bonchev–Trinajstić information content (AvgIpc) is 2.91. The van der Waals surface area contributed by atoms with Gasteiger partial charge in [-0.2, -0.15) is 5.26 Å². The van der Waals surface area contributed by atoms with E-state index in [1.807, 2.05) is 30.3 Å². The maximum absolute atomic E-state index is 12.9. The number of ether oxygens (including phenoxy) is 2. The zero-order valence-corrected chi connectivity index (χ0v) is 19.4. The van der Waals surface area contributed by atoms with Crippen molar-refractivity contribution < 1.29 is 14.3 Å². The molecule has 0 saturated heterocycles. The smallest absolute Gasteiger partial charge is 0.193 e. The van der Waals surface area contributed by atoms with E-state index in [9.17, 15) is 4.79 Å². The van der Waals surface area contributed by atoms with Crippen LogP contribution >= 0.6 is 0 Å². The molecule has 34 heavy (non-hydrogen) atoms. The summed E-state index contributed by atoms with van der Waals surface area (Å²) in [6.45, 7) is 0. The molecular formula is C29H26N2O3. The van der Waals surface area contributed by atoms with Crippen LogP contribution in [0.15, 0.2) is 65.7 Å². The van der Waals surface area contributed by atoms with Gasteiger partial charge in [-0.15, -0.1) is 0 Å². The number of nitriles is 1. The largest absolute Gasteiger partial charge is 0.493 e. The third kappa shape index (κ3) is 3.86. The van der Waals surface area contributed by atoms with Gasteiger partial charge in [-0.1, -0.05) is 37.1 Å². The Hall–Kier alpha value is -3.91. The van der Waals surface area contributed by atoms with Crippen LogP contribution in [0.2, 0.25) is 0 Å². The fraction of sp³-hybridized carbons (Fsp3) is 0.276. The summed E-state index contributed by atoms with van der Waals surface area (Å²) in [7, 11) is 3.32. The number of rotatable bonds is 5. The second-order valence-electron chi connectivity index (χ2n) is 8.83. The molecule has 5 rings (SSSR count). The highest BCUT2D eigenvalue weighted by molar-refractivity contribution is 6.16. The number of benzene rings is 3. The zero-order chi connectivity index (χ0) is 23.7. The van der Waals surface area contributed by atoms with Crippen molar-refractivity contribution in [1.29, 1.82) is 5.26 Å². The third-order valence-electron chi connectivity index (χ3n) is 6.93. The maximum Gasteiger partial charge on any atom is 0.193 e. The highest BCUT2D eigenvalue weighted by Gasteiger charge is 2.34. The first-order valence-electron chi connectivity index (χ1n) is 11.6. The number of ketones is 1. The van der Waals surface area contributed by atoms with Gasteiger partial charge in [0.05, 0.1) is 37.6 Å². The van der Waals surface area contributed by atoms with Gasteiger partial charge in [0.2, 0.25) is 0 Å². The number of fused-ring (bicyclic) bond motifs is 3. The van der Waals surface area contributed by atoms with Gasteiger partial charge in [0.25, 0.3) is 0 Å². The van der Waals surface area contributed by atoms with Gasteiger partial charge in [-0.25, -0.2) is 0 Å². The molecule has 0 N–H and O–H groups in total. The van der Waals surface area contributed by atoms with Gasteiger partial charge in [0.1, 0.15) is 0 Å². The van der Waals surface area contributed by atoms with Gasteiger partial charge >= 0.3 is 0 Å². The third-order valence-corrected chi connectivity index (χ3v) is 6.93. The highest BCUT2D eigenvalue weighted by Crippen LogP contribution is 2.44. The van der Waals surface area contributed by atoms with Crippen LogP contribution in [0.5, 0.6) is 11.5 Å². The predicted molar refractivity (Wildman–Crippen MR) is 131 cm³/mol. The van der Waals surface area contributed by atoms with Crippen molar-refractivity contribution in [2.24, 2.45) is 4.99 Å². The van der Waals surface area contributed by atoms with Gasteiger partial charge in [0, 0.05) is 28.2 Å². The Morgan fingerprint density at radius 2 is 1.53 bits per heavy atom. The molecule has 1 saturated carbocycles. The molecular weight excluding hydrogens is 424 g/mol. The summed E-state index contributed by atoms with van der Waals surface area (Å²) in [6.07, 6.45) is 4.61. The van der Waals surface area contributed by atoms with E-state index in [0.717, 1.165) is 35.4 Å². The molecule has 1 aliphatic carbocycles. The van der Waals surface area contributed by atoms with E-state index >= 15 is 0 Å². The number of carbonyl (C=O) groups excluding carboxylic acids is 1. The number of carbonyl (C=O) groups is 1. The lowest BCUT2D eigenvalue weighted by molar-refractivity contribution is 0.103. The Morgan fingerprint density at radius 1 is 0.912 bits per heavy atom. The van der Waals surface area contributed by atoms with Gasteiger partial charge in [-0.05, 0) is 54.8 Å². The molecule has 0 bridgehead atoms. The Bertz CT molecular complexity index is 1300. The lowest BCUT2D eigenvalue weighted by Crippen LogP contribution is -2.29. The molecule has 0 aromatic heterocycles. The van der Waals surface area contributed by atoms with Crippen molar-refractivity contribution in [3.05, 3.63) is 94.0 Å². The van der Waals surface area contributed by atoms with Crippen molar-refractivity contribution in [3.8, 4) is 17.6 Å². The SMILES string of the molecule is COc1cc2c(cc1OC)C1CCCCC1N=C2c1ccc(C(=O)c2ccc(C#N)cc2)cc1. The van der Waals surface area contributed by atoms with Gasteiger partial charge in [-0.3, -0.25) is 9.79 Å². The topological polar surface area (TPSA) is 71.7 Å². The monoisotopic (exact) mass is 450 g/mol. The van der Waals surface area contributed by atoms with Crippen molar-refractivity contribution in [2.75, 3.05) is 14.2 Å².